The van der Waals surface area contributed by atoms with Crippen LogP contribution in [0, 0.1) is 0 Å². The number of phenols is 1. The van der Waals surface area contributed by atoms with Crippen molar-refractivity contribution in [2.75, 3.05) is 6.54 Å². The smallest absolute Gasteiger partial charge is 0.147 e. The predicted molar refractivity (Wildman–Crippen MR) is 67.3 cm³/mol. The lowest BCUT2D eigenvalue weighted by Gasteiger charge is -2.27. The maximum absolute atomic E-state index is 9.80. The van der Waals surface area contributed by atoms with Gasteiger partial charge in [0.1, 0.15) is 17.9 Å². The number of fused-ring (bicyclic) bond motifs is 1. The number of phenolic OH excluding ortho intramolecular Hbond substituents is 1. The van der Waals surface area contributed by atoms with Gasteiger partial charge in [0, 0.05) is 30.2 Å². The Morgan fingerprint density at radius 3 is 3.11 bits per heavy atom. The Balaban J connectivity index is 1.76. The Bertz CT molecular complexity index is 569. The van der Waals surface area contributed by atoms with Gasteiger partial charge in [-0.25, -0.2) is 0 Å². The van der Waals surface area contributed by atoms with E-state index in [2.05, 4.69) is 15.1 Å². The fourth-order valence-electron chi connectivity index (χ4n) is 2.17. The first-order chi connectivity index (χ1) is 8.72. The van der Waals surface area contributed by atoms with Gasteiger partial charge in [0.05, 0.1) is 6.54 Å². The number of hydrogen-bond donors (Lipinski definition) is 1. The molecule has 1 aliphatic rings. The summed E-state index contributed by atoms with van der Waals surface area (Å²) in [5.41, 5.74) is 0.843. The SMILES string of the molecule is Oc1ccc(Cl)cc1CN1CCn2cnnc2C1. The van der Waals surface area contributed by atoms with Gasteiger partial charge in [0.15, 0.2) is 0 Å². The molecule has 1 aromatic heterocycles. The van der Waals surface area contributed by atoms with E-state index in [0.29, 0.717) is 11.6 Å². The summed E-state index contributed by atoms with van der Waals surface area (Å²) < 4.78 is 2.05. The standard InChI is InChI=1S/C12H13ClN4O/c13-10-1-2-11(18)9(5-10)6-16-3-4-17-8-14-15-12(17)7-16/h1-2,5,8,18H,3-4,6-7H2. The first-order valence-corrected chi connectivity index (χ1v) is 6.16. The molecule has 94 valence electrons. The molecule has 0 atom stereocenters. The number of aromatic hydroxyl groups is 1. The summed E-state index contributed by atoms with van der Waals surface area (Å²) in [5.74, 6) is 1.24. The molecule has 0 saturated heterocycles. The summed E-state index contributed by atoms with van der Waals surface area (Å²) in [6.45, 7) is 3.20. The molecule has 0 unspecified atom stereocenters. The van der Waals surface area contributed by atoms with E-state index in [1.165, 1.54) is 0 Å². The molecule has 1 aromatic carbocycles. The van der Waals surface area contributed by atoms with Gasteiger partial charge in [-0.05, 0) is 18.2 Å². The highest BCUT2D eigenvalue weighted by Crippen LogP contribution is 2.24. The summed E-state index contributed by atoms with van der Waals surface area (Å²) in [7, 11) is 0. The Labute approximate surface area is 110 Å². The Morgan fingerprint density at radius 1 is 1.33 bits per heavy atom. The fourth-order valence-corrected chi connectivity index (χ4v) is 2.37. The zero-order valence-electron chi connectivity index (χ0n) is 9.75. The fraction of sp³-hybridized carbons (Fsp3) is 0.333. The third kappa shape index (κ3) is 2.19. The van der Waals surface area contributed by atoms with E-state index in [1.54, 1.807) is 24.5 Å². The summed E-state index contributed by atoms with van der Waals surface area (Å²) in [4.78, 5) is 2.22. The van der Waals surface area contributed by atoms with E-state index in [4.69, 9.17) is 11.6 Å². The van der Waals surface area contributed by atoms with Crippen molar-refractivity contribution in [3.8, 4) is 5.75 Å². The van der Waals surface area contributed by atoms with E-state index in [-0.39, 0.29) is 5.75 Å². The Kier molecular flexibility index (Phi) is 2.93. The molecule has 0 radical (unpaired) electrons. The maximum atomic E-state index is 9.80. The first kappa shape index (κ1) is 11.5. The zero-order valence-corrected chi connectivity index (χ0v) is 10.5. The molecule has 18 heavy (non-hydrogen) atoms. The van der Waals surface area contributed by atoms with Crippen LogP contribution in [0.3, 0.4) is 0 Å². The van der Waals surface area contributed by atoms with Crippen LogP contribution in [0.2, 0.25) is 5.02 Å². The van der Waals surface area contributed by atoms with E-state index < -0.39 is 0 Å². The lowest BCUT2D eigenvalue weighted by molar-refractivity contribution is 0.206. The van der Waals surface area contributed by atoms with E-state index in [0.717, 1.165) is 31.0 Å². The summed E-state index contributed by atoms with van der Waals surface area (Å²) in [6.07, 6.45) is 1.75. The molecule has 1 aliphatic heterocycles. The number of halogens is 1. The van der Waals surface area contributed by atoms with Gasteiger partial charge in [0.2, 0.25) is 0 Å². The molecule has 3 rings (SSSR count). The van der Waals surface area contributed by atoms with Crippen LogP contribution in [-0.2, 0) is 19.6 Å². The second-order valence-electron chi connectivity index (χ2n) is 4.42. The van der Waals surface area contributed by atoms with Crippen molar-refractivity contribution in [2.24, 2.45) is 0 Å². The predicted octanol–water partition coefficient (Wildman–Crippen LogP) is 1.65. The summed E-state index contributed by atoms with van der Waals surface area (Å²) in [5, 5.41) is 18.4. The molecule has 0 fully saturated rings. The highest BCUT2D eigenvalue weighted by Gasteiger charge is 2.18. The number of aromatic nitrogens is 3. The third-order valence-corrected chi connectivity index (χ3v) is 3.39. The number of nitrogens with zero attached hydrogens (tertiary/aromatic N) is 4. The number of rotatable bonds is 2. The van der Waals surface area contributed by atoms with Crippen LogP contribution in [0.5, 0.6) is 5.75 Å². The molecule has 1 N–H and O–H groups in total. The normalized spacial score (nSPS) is 15.6. The molecular weight excluding hydrogens is 252 g/mol. The number of hydrogen-bond acceptors (Lipinski definition) is 4. The average Bonchev–Trinajstić information content (AvgIpc) is 2.81. The quantitative estimate of drug-likeness (QED) is 0.896. The monoisotopic (exact) mass is 264 g/mol. The molecule has 2 aromatic rings. The third-order valence-electron chi connectivity index (χ3n) is 3.15. The molecule has 6 heteroatoms. The average molecular weight is 265 g/mol. The van der Waals surface area contributed by atoms with Crippen LogP contribution in [0.1, 0.15) is 11.4 Å². The number of benzene rings is 1. The molecule has 0 bridgehead atoms. The van der Waals surface area contributed by atoms with Crippen LogP contribution in [0.4, 0.5) is 0 Å². The second kappa shape index (κ2) is 4.59. The van der Waals surface area contributed by atoms with Gasteiger partial charge < -0.3 is 9.67 Å². The van der Waals surface area contributed by atoms with E-state index in [1.807, 2.05) is 4.57 Å². The van der Waals surface area contributed by atoms with Crippen molar-refractivity contribution in [3.63, 3.8) is 0 Å². The van der Waals surface area contributed by atoms with Crippen molar-refractivity contribution in [2.45, 2.75) is 19.6 Å². The molecule has 5 nitrogen and oxygen atoms in total. The molecule has 2 heterocycles. The van der Waals surface area contributed by atoms with Crippen LogP contribution in [0.15, 0.2) is 24.5 Å². The molecule has 0 spiro atoms. The minimum Gasteiger partial charge on any atom is -0.508 e. The molecular formula is C12H13ClN4O. The van der Waals surface area contributed by atoms with Crippen molar-refractivity contribution >= 4 is 11.6 Å². The van der Waals surface area contributed by atoms with Crippen molar-refractivity contribution in [1.29, 1.82) is 0 Å². The van der Waals surface area contributed by atoms with Crippen molar-refractivity contribution in [1.82, 2.24) is 19.7 Å². The molecule has 0 saturated carbocycles. The minimum atomic E-state index is 0.284. The van der Waals surface area contributed by atoms with Gasteiger partial charge in [-0.3, -0.25) is 4.90 Å². The van der Waals surface area contributed by atoms with E-state index >= 15 is 0 Å². The second-order valence-corrected chi connectivity index (χ2v) is 4.86. The lowest BCUT2D eigenvalue weighted by atomic mass is 10.2. The highest BCUT2D eigenvalue weighted by molar-refractivity contribution is 6.30. The Morgan fingerprint density at radius 2 is 2.22 bits per heavy atom. The van der Waals surface area contributed by atoms with Crippen LogP contribution < -0.4 is 0 Å². The first-order valence-electron chi connectivity index (χ1n) is 5.79. The minimum absolute atomic E-state index is 0.284. The highest BCUT2D eigenvalue weighted by atomic mass is 35.5. The van der Waals surface area contributed by atoms with Gasteiger partial charge in [-0.1, -0.05) is 11.6 Å². The molecule has 0 aliphatic carbocycles. The van der Waals surface area contributed by atoms with Gasteiger partial charge in [0.25, 0.3) is 0 Å². The zero-order chi connectivity index (χ0) is 12.5. The topological polar surface area (TPSA) is 54.2 Å². The summed E-state index contributed by atoms with van der Waals surface area (Å²) in [6, 6.07) is 5.12. The van der Waals surface area contributed by atoms with Gasteiger partial charge >= 0.3 is 0 Å². The van der Waals surface area contributed by atoms with E-state index in [9.17, 15) is 5.11 Å². The van der Waals surface area contributed by atoms with Crippen molar-refractivity contribution < 1.29 is 5.11 Å². The van der Waals surface area contributed by atoms with Crippen LogP contribution in [0.25, 0.3) is 0 Å². The summed E-state index contributed by atoms with van der Waals surface area (Å²) >= 11 is 5.94. The van der Waals surface area contributed by atoms with Gasteiger partial charge in [-0.2, -0.15) is 0 Å². The van der Waals surface area contributed by atoms with Crippen LogP contribution >= 0.6 is 11.6 Å². The van der Waals surface area contributed by atoms with Crippen molar-refractivity contribution in [3.05, 3.63) is 40.9 Å². The molecule has 0 amide bonds. The van der Waals surface area contributed by atoms with Gasteiger partial charge in [-0.15, -0.1) is 10.2 Å². The maximum Gasteiger partial charge on any atom is 0.147 e. The van der Waals surface area contributed by atoms with Crippen LogP contribution in [-0.4, -0.2) is 31.3 Å². The largest absolute Gasteiger partial charge is 0.508 e. The lowest BCUT2D eigenvalue weighted by Crippen LogP contribution is -2.33. The Hall–Kier alpha value is -1.59.